The molecule has 0 amide bonds. The number of nitrogens with one attached hydrogen (secondary N) is 2. The Hall–Kier alpha value is -0.500. The first kappa shape index (κ1) is 17.6. The zero-order valence-corrected chi connectivity index (χ0v) is 14.1. The van der Waals surface area contributed by atoms with Gasteiger partial charge in [-0.15, -0.1) is 0 Å². The third-order valence-electron chi connectivity index (χ3n) is 5.24. The average Bonchev–Trinajstić information content (AvgIpc) is 2.92. The van der Waals surface area contributed by atoms with Crippen LogP contribution in [0.25, 0.3) is 0 Å². The first-order valence-electron chi connectivity index (χ1n) is 8.71. The second-order valence-electron chi connectivity index (χ2n) is 6.78. The van der Waals surface area contributed by atoms with Gasteiger partial charge in [-0.05, 0) is 69.9 Å². The van der Waals surface area contributed by atoms with Crippen molar-refractivity contribution in [3.63, 3.8) is 0 Å². The van der Waals surface area contributed by atoms with Crippen molar-refractivity contribution >= 4 is 0 Å². The lowest BCUT2D eigenvalue weighted by Crippen LogP contribution is -2.23. The largest absolute Gasteiger partial charge is 0.389 e. The molecule has 0 aromatic rings. The molecule has 2 N–H and O–H groups in total. The van der Waals surface area contributed by atoms with Gasteiger partial charge in [-0.1, -0.05) is 33.3 Å². The predicted octanol–water partition coefficient (Wildman–Crippen LogP) is 4.48. The molecule has 1 fully saturated rings. The summed E-state index contributed by atoms with van der Waals surface area (Å²) in [4.78, 5) is 0. The van der Waals surface area contributed by atoms with Gasteiger partial charge in [-0.2, -0.15) is 0 Å². The quantitative estimate of drug-likeness (QED) is 0.545. The molecule has 1 atom stereocenters. The van der Waals surface area contributed by atoms with Gasteiger partial charge in [-0.25, -0.2) is 0 Å². The summed E-state index contributed by atoms with van der Waals surface area (Å²) in [6.07, 6.45) is 12.5. The maximum atomic E-state index is 4.15. The van der Waals surface area contributed by atoms with E-state index in [1.54, 1.807) is 0 Å². The smallest absolute Gasteiger partial charge is 0.0144 e. The lowest BCUT2D eigenvalue weighted by atomic mass is 9.77. The normalized spacial score (nSPS) is 18.9. The van der Waals surface area contributed by atoms with Crippen LogP contribution in [-0.2, 0) is 0 Å². The summed E-state index contributed by atoms with van der Waals surface area (Å²) in [5, 5.41) is 6.82. The van der Waals surface area contributed by atoms with Crippen molar-refractivity contribution < 1.29 is 0 Å². The van der Waals surface area contributed by atoms with Gasteiger partial charge in [0.15, 0.2) is 0 Å². The van der Waals surface area contributed by atoms with Crippen molar-refractivity contribution in [3.8, 4) is 0 Å². The second-order valence-corrected chi connectivity index (χ2v) is 6.78. The lowest BCUT2D eigenvalue weighted by Gasteiger charge is -2.29. The molecule has 0 spiro atoms. The van der Waals surface area contributed by atoms with Crippen LogP contribution < -0.4 is 10.6 Å². The van der Waals surface area contributed by atoms with Crippen LogP contribution in [0.1, 0.15) is 71.6 Å². The van der Waals surface area contributed by atoms with Crippen molar-refractivity contribution in [2.75, 3.05) is 20.1 Å². The number of hydrogen-bond donors (Lipinski definition) is 2. The highest BCUT2D eigenvalue weighted by molar-refractivity contribution is 4.95. The fraction of sp³-hybridized carbons (Fsp3) is 0.889. The summed E-state index contributed by atoms with van der Waals surface area (Å²) in [6.45, 7) is 10.9. The van der Waals surface area contributed by atoms with Crippen molar-refractivity contribution in [3.05, 3.63) is 12.3 Å². The van der Waals surface area contributed by atoms with E-state index in [2.05, 4.69) is 38.1 Å². The first-order valence-corrected chi connectivity index (χ1v) is 8.71. The van der Waals surface area contributed by atoms with E-state index in [1.807, 2.05) is 0 Å². The maximum Gasteiger partial charge on any atom is 0.0144 e. The van der Waals surface area contributed by atoms with E-state index in [0.29, 0.717) is 11.3 Å². The fourth-order valence-electron chi connectivity index (χ4n) is 3.52. The Morgan fingerprint density at radius 2 is 1.75 bits per heavy atom. The van der Waals surface area contributed by atoms with E-state index < -0.39 is 0 Å². The van der Waals surface area contributed by atoms with Crippen molar-refractivity contribution in [1.29, 1.82) is 0 Å². The molecule has 1 saturated carbocycles. The standard InChI is InChI=1S/C18H36N2/c1-5-16(2)17(3)20-15-9-13-18(10-6-7-11-18)12-8-14-19-4/h16,19-20H,3,5-15H2,1-2,4H3. The summed E-state index contributed by atoms with van der Waals surface area (Å²) in [5.74, 6) is 0.603. The summed E-state index contributed by atoms with van der Waals surface area (Å²) < 4.78 is 0. The molecule has 1 unspecified atom stereocenters. The van der Waals surface area contributed by atoms with Crippen molar-refractivity contribution in [2.24, 2.45) is 11.3 Å². The van der Waals surface area contributed by atoms with Crippen LogP contribution >= 0.6 is 0 Å². The van der Waals surface area contributed by atoms with E-state index in [0.717, 1.165) is 6.54 Å². The zero-order chi connectivity index (χ0) is 14.8. The minimum Gasteiger partial charge on any atom is -0.389 e. The molecule has 2 heteroatoms. The predicted molar refractivity (Wildman–Crippen MR) is 89.9 cm³/mol. The number of hydrogen-bond acceptors (Lipinski definition) is 2. The average molecular weight is 280 g/mol. The Bertz CT molecular complexity index is 267. The van der Waals surface area contributed by atoms with E-state index in [1.165, 1.54) is 70.0 Å². The Balaban J connectivity index is 2.24. The molecular formula is C18H36N2. The van der Waals surface area contributed by atoms with Crippen LogP contribution in [-0.4, -0.2) is 20.1 Å². The van der Waals surface area contributed by atoms with Gasteiger partial charge in [-0.3, -0.25) is 0 Å². The van der Waals surface area contributed by atoms with Crippen molar-refractivity contribution in [1.82, 2.24) is 10.6 Å². The van der Waals surface area contributed by atoms with Gasteiger partial charge in [0.1, 0.15) is 0 Å². The molecule has 0 radical (unpaired) electrons. The van der Waals surface area contributed by atoms with Gasteiger partial charge in [0.2, 0.25) is 0 Å². The summed E-state index contributed by atoms with van der Waals surface area (Å²) in [6, 6.07) is 0. The third kappa shape index (κ3) is 5.87. The van der Waals surface area contributed by atoms with E-state index >= 15 is 0 Å². The number of rotatable bonds is 11. The molecule has 0 bridgehead atoms. The molecule has 0 aliphatic heterocycles. The lowest BCUT2D eigenvalue weighted by molar-refractivity contribution is 0.235. The van der Waals surface area contributed by atoms with Crippen LogP contribution in [0.4, 0.5) is 0 Å². The summed E-state index contributed by atoms with van der Waals surface area (Å²) in [7, 11) is 2.06. The summed E-state index contributed by atoms with van der Waals surface area (Å²) >= 11 is 0. The zero-order valence-electron chi connectivity index (χ0n) is 14.1. The van der Waals surface area contributed by atoms with Crippen LogP contribution in [0.15, 0.2) is 12.3 Å². The maximum absolute atomic E-state index is 4.15. The molecule has 0 heterocycles. The highest BCUT2D eigenvalue weighted by Crippen LogP contribution is 2.45. The molecule has 1 aliphatic carbocycles. The third-order valence-corrected chi connectivity index (χ3v) is 5.24. The second kappa shape index (κ2) is 9.44. The van der Waals surface area contributed by atoms with Gasteiger partial charge >= 0.3 is 0 Å². The molecule has 0 aromatic heterocycles. The van der Waals surface area contributed by atoms with Crippen LogP contribution in [0.3, 0.4) is 0 Å². The van der Waals surface area contributed by atoms with E-state index in [-0.39, 0.29) is 0 Å². The molecule has 2 nitrogen and oxygen atoms in total. The van der Waals surface area contributed by atoms with Crippen molar-refractivity contribution in [2.45, 2.75) is 71.6 Å². The highest BCUT2D eigenvalue weighted by atomic mass is 14.9. The highest BCUT2D eigenvalue weighted by Gasteiger charge is 2.32. The van der Waals surface area contributed by atoms with Gasteiger partial charge in [0.05, 0.1) is 0 Å². The van der Waals surface area contributed by atoms with Gasteiger partial charge in [0, 0.05) is 12.2 Å². The molecule has 118 valence electrons. The van der Waals surface area contributed by atoms with Gasteiger partial charge < -0.3 is 10.6 Å². The molecular weight excluding hydrogens is 244 g/mol. The molecule has 20 heavy (non-hydrogen) atoms. The first-order chi connectivity index (χ1) is 9.63. The summed E-state index contributed by atoms with van der Waals surface area (Å²) in [5.41, 5.74) is 1.89. The molecule has 1 rings (SSSR count). The van der Waals surface area contributed by atoms with Crippen LogP contribution in [0.5, 0.6) is 0 Å². The molecule has 0 saturated heterocycles. The fourth-order valence-corrected chi connectivity index (χ4v) is 3.52. The minimum atomic E-state index is 0.603. The van der Waals surface area contributed by atoms with E-state index in [9.17, 15) is 0 Å². The Morgan fingerprint density at radius 3 is 2.30 bits per heavy atom. The van der Waals surface area contributed by atoms with E-state index in [4.69, 9.17) is 0 Å². The van der Waals surface area contributed by atoms with Gasteiger partial charge in [0.25, 0.3) is 0 Å². The Kier molecular flexibility index (Phi) is 8.28. The molecule has 1 aliphatic rings. The topological polar surface area (TPSA) is 24.1 Å². The Labute approximate surface area is 126 Å². The molecule has 0 aromatic carbocycles. The number of allylic oxidation sites excluding steroid dienone is 1. The van der Waals surface area contributed by atoms with Crippen LogP contribution in [0.2, 0.25) is 0 Å². The minimum absolute atomic E-state index is 0.603. The SMILES string of the molecule is C=C(NCCCC1(CCCNC)CCCC1)C(C)CC. The van der Waals surface area contributed by atoms with Crippen LogP contribution in [0, 0.1) is 11.3 Å². The Morgan fingerprint density at radius 1 is 1.15 bits per heavy atom. The monoisotopic (exact) mass is 280 g/mol.